The molecular formula is C21H26N4O4. The molecular weight excluding hydrogens is 372 g/mol. The van der Waals surface area contributed by atoms with Gasteiger partial charge in [-0.05, 0) is 25.0 Å². The Morgan fingerprint density at radius 2 is 1.69 bits per heavy atom. The molecule has 0 spiro atoms. The van der Waals surface area contributed by atoms with Crippen molar-refractivity contribution in [2.24, 2.45) is 0 Å². The van der Waals surface area contributed by atoms with E-state index >= 15 is 0 Å². The van der Waals surface area contributed by atoms with E-state index in [4.69, 9.17) is 0 Å². The Morgan fingerprint density at radius 3 is 2.41 bits per heavy atom. The highest BCUT2D eigenvalue weighted by Gasteiger charge is 2.31. The van der Waals surface area contributed by atoms with Crippen molar-refractivity contribution >= 4 is 28.6 Å². The van der Waals surface area contributed by atoms with Crippen LogP contribution in [0.1, 0.15) is 36.2 Å². The van der Waals surface area contributed by atoms with Crippen LogP contribution < -0.4 is 5.32 Å². The lowest BCUT2D eigenvalue weighted by Crippen LogP contribution is -2.56. The van der Waals surface area contributed by atoms with Crippen LogP contribution in [0.25, 0.3) is 10.9 Å². The van der Waals surface area contributed by atoms with Crippen LogP contribution in [0.2, 0.25) is 0 Å². The van der Waals surface area contributed by atoms with E-state index in [1.165, 1.54) is 4.90 Å². The number of H-pyrrole nitrogens is 1. The van der Waals surface area contributed by atoms with Gasteiger partial charge in [0.15, 0.2) is 0 Å². The molecule has 2 heterocycles. The number of carbonyl (C=O) groups excluding carboxylic acids is 3. The molecule has 8 heteroatoms. The number of nitrogens with zero attached hydrogens (tertiary/aromatic N) is 2. The summed E-state index contributed by atoms with van der Waals surface area (Å²) in [6.45, 7) is 1.37. The highest BCUT2D eigenvalue weighted by molar-refractivity contribution is 6.35. The Morgan fingerprint density at radius 1 is 1.00 bits per heavy atom. The maximum absolute atomic E-state index is 12.8. The number of benzene rings is 1. The van der Waals surface area contributed by atoms with Crippen molar-refractivity contribution in [2.75, 3.05) is 26.2 Å². The van der Waals surface area contributed by atoms with Gasteiger partial charge < -0.3 is 25.2 Å². The molecule has 8 nitrogen and oxygen atoms in total. The van der Waals surface area contributed by atoms with Gasteiger partial charge >= 0.3 is 11.8 Å². The molecule has 1 aliphatic carbocycles. The number of amides is 3. The summed E-state index contributed by atoms with van der Waals surface area (Å²) in [6, 6.07) is 9.18. The molecule has 1 saturated carbocycles. The minimum Gasteiger partial charge on any atom is -0.391 e. The van der Waals surface area contributed by atoms with Gasteiger partial charge in [-0.2, -0.15) is 0 Å². The quantitative estimate of drug-likeness (QED) is 0.653. The van der Waals surface area contributed by atoms with Gasteiger partial charge in [-0.15, -0.1) is 0 Å². The summed E-state index contributed by atoms with van der Waals surface area (Å²) < 4.78 is 0. The summed E-state index contributed by atoms with van der Waals surface area (Å²) in [5.74, 6) is -1.38. The summed E-state index contributed by atoms with van der Waals surface area (Å²) >= 11 is 0. The maximum Gasteiger partial charge on any atom is 0.312 e. The summed E-state index contributed by atoms with van der Waals surface area (Å²) in [5.41, 5.74) is 1.43. The van der Waals surface area contributed by atoms with Crippen molar-refractivity contribution in [1.82, 2.24) is 20.1 Å². The lowest BCUT2D eigenvalue weighted by molar-refractivity contribution is -0.147. The van der Waals surface area contributed by atoms with Crippen molar-refractivity contribution in [3.05, 3.63) is 36.0 Å². The van der Waals surface area contributed by atoms with Crippen LogP contribution in [0.4, 0.5) is 0 Å². The highest BCUT2D eigenvalue weighted by atomic mass is 16.3. The SMILES string of the molecule is O=C(N[C@@H]1CCCC[C@H]1O)C(=O)N1CCN(C(=O)c2cc3ccccc3[nH]2)CC1. The van der Waals surface area contributed by atoms with E-state index in [0.717, 1.165) is 23.7 Å². The minimum atomic E-state index is -0.675. The molecule has 3 amide bonds. The standard InChI is InChI=1S/C21H26N4O4/c26-18-8-4-3-7-16(18)23-19(27)21(29)25-11-9-24(10-12-25)20(28)17-13-14-5-1-2-6-15(14)22-17/h1-2,5-6,13,16,18,22,26H,3-4,7-12H2,(H,23,27)/t16-,18-/m1/s1. The number of piperazine rings is 1. The fourth-order valence-electron chi connectivity index (χ4n) is 4.12. The van der Waals surface area contributed by atoms with Crippen LogP contribution in [-0.2, 0) is 9.59 Å². The first-order chi connectivity index (χ1) is 14.0. The largest absolute Gasteiger partial charge is 0.391 e. The Bertz CT molecular complexity index is 883. The smallest absolute Gasteiger partial charge is 0.312 e. The third-order valence-electron chi connectivity index (χ3n) is 5.85. The highest BCUT2D eigenvalue weighted by Crippen LogP contribution is 2.19. The Labute approximate surface area is 168 Å². The third-order valence-corrected chi connectivity index (χ3v) is 5.85. The van der Waals surface area contributed by atoms with E-state index in [-0.39, 0.29) is 11.9 Å². The minimum absolute atomic E-state index is 0.108. The molecule has 2 atom stereocenters. The molecule has 1 aromatic carbocycles. The number of hydrogen-bond donors (Lipinski definition) is 3. The van der Waals surface area contributed by atoms with Crippen molar-refractivity contribution in [2.45, 2.75) is 37.8 Å². The van der Waals surface area contributed by atoms with E-state index in [2.05, 4.69) is 10.3 Å². The first kappa shape index (κ1) is 19.4. The molecule has 154 valence electrons. The number of nitrogens with one attached hydrogen (secondary N) is 2. The van der Waals surface area contributed by atoms with E-state index in [1.54, 1.807) is 4.90 Å². The second-order valence-electron chi connectivity index (χ2n) is 7.79. The van der Waals surface area contributed by atoms with E-state index < -0.39 is 17.9 Å². The van der Waals surface area contributed by atoms with Gasteiger partial charge in [-0.1, -0.05) is 31.0 Å². The Balaban J connectivity index is 1.31. The van der Waals surface area contributed by atoms with Gasteiger partial charge in [0.05, 0.1) is 12.1 Å². The average molecular weight is 398 g/mol. The first-order valence-corrected chi connectivity index (χ1v) is 10.2. The molecule has 2 aromatic rings. The van der Waals surface area contributed by atoms with E-state index in [9.17, 15) is 19.5 Å². The van der Waals surface area contributed by atoms with Gasteiger partial charge in [0.2, 0.25) is 0 Å². The molecule has 0 radical (unpaired) electrons. The molecule has 0 unspecified atom stereocenters. The molecule has 2 fully saturated rings. The second kappa shape index (κ2) is 8.24. The molecule has 29 heavy (non-hydrogen) atoms. The van der Waals surface area contributed by atoms with Crippen LogP contribution >= 0.6 is 0 Å². The molecule has 0 bridgehead atoms. The predicted molar refractivity (Wildman–Crippen MR) is 107 cm³/mol. The Hall–Kier alpha value is -2.87. The van der Waals surface area contributed by atoms with Crippen LogP contribution in [0.15, 0.2) is 30.3 Å². The summed E-state index contributed by atoms with van der Waals surface area (Å²) in [5, 5.41) is 13.6. The fraction of sp³-hybridized carbons (Fsp3) is 0.476. The number of aliphatic hydroxyl groups excluding tert-OH is 1. The van der Waals surface area contributed by atoms with Crippen LogP contribution in [0, 0.1) is 0 Å². The number of para-hydroxylation sites is 1. The molecule has 3 N–H and O–H groups in total. The third kappa shape index (κ3) is 4.12. The van der Waals surface area contributed by atoms with E-state index in [0.29, 0.717) is 44.7 Å². The summed E-state index contributed by atoms with van der Waals surface area (Å²) in [7, 11) is 0. The fourth-order valence-corrected chi connectivity index (χ4v) is 4.12. The van der Waals surface area contributed by atoms with Gasteiger partial charge in [0.1, 0.15) is 5.69 Å². The van der Waals surface area contributed by atoms with Crippen LogP contribution in [-0.4, -0.2) is 75.9 Å². The maximum atomic E-state index is 12.8. The summed E-state index contributed by atoms with van der Waals surface area (Å²) in [4.78, 5) is 43.8. The van der Waals surface area contributed by atoms with Crippen molar-refractivity contribution < 1.29 is 19.5 Å². The summed E-state index contributed by atoms with van der Waals surface area (Å²) in [6.07, 6.45) is 2.62. The number of aromatic amines is 1. The predicted octanol–water partition coefficient (Wildman–Crippen LogP) is 0.872. The number of fused-ring (bicyclic) bond motifs is 1. The van der Waals surface area contributed by atoms with Gasteiger partial charge in [-0.3, -0.25) is 14.4 Å². The number of carbonyl (C=O) groups is 3. The monoisotopic (exact) mass is 398 g/mol. The lowest BCUT2D eigenvalue weighted by Gasteiger charge is -2.35. The van der Waals surface area contributed by atoms with Crippen molar-refractivity contribution in [3.8, 4) is 0 Å². The zero-order chi connectivity index (χ0) is 20.4. The van der Waals surface area contributed by atoms with Crippen molar-refractivity contribution in [1.29, 1.82) is 0 Å². The molecule has 1 aliphatic heterocycles. The average Bonchev–Trinajstić information content (AvgIpc) is 3.18. The molecule has 2 aliphatic rings. The van der Waals surface area contributed by atoms with Crippen LogP contribution in [0.3, 0.4) is 0 Å². The Kier molecular flexibility index (Phi) is 5.53. The normalized spacial score (nSPS) is 22.5. The van der Waals surface area contributed by atoms with Gasteiger partial charge in [0.25, 0.3) is 5.91 Å². The first-order valence-electron chi connectivity index (χ1n) is 10.2. The van der Waals surface area contributed by atoms with Gasteiger partial charge in [-0.25, -0.2) is 0 Å². The lowest BCUT2D eigenvalue weighted by atomic mass is 9.92. The second-order valence-corrected chi connectivity index (χ2v) is 7.79. The number of aromatic nitrogens is 1. The topological polar surface area (TPSA) is 106 Å². The molecule has 4 rings (SSSR count). The molecule has 1 saturated heterocycles. The number of aliphatic hydroxyl groups is 1. The van der Waals surface area contributed by atoms with E-state index in [1.807, 2.05) is 30.3 Å². The van der Waals surface area contributed by atoms with Gasteiger partial charge in [0, 0.05) is 37.1 Å². The zero-order valence-corrected chi connectivity index (χ0v) is 16.3. The molecule has 1 aromatic heterocycles. The van der Waals surface area contributed by atoms with Crippen molar-refractivity contribution in [3.63, 3.8) is 0 Å². The number of hydrogen-bond acceptors (Lipinski definition) is 4. The zero-order valence-electron chi connectivity index (χ0n) is 16.3. The van der Waals surface area contributed by atoms with Crippen LogP contribution in [0.5, 0.6) is 0 Å². The number of rotatable bonds is 2.